The van der Waals surface area contributed by atoms with Crippen LogP contribution in [0.15, 0.2) is 27.6 Å². The molecule has 0 fully saturated rings. The Hall–Kier alpha value is -0.980. The fourth-order valence-corrected chi connectivity index (χ4v) is 3.00. The van der Waals surface area contributed by atoms with Gasteiger partial charge in [0, 0.05) is 31.9 Å². The Morgan fingerprint density at radius 3 is 2.71 bits per heavy atom. The van der Waals surface area contributed by atoms with Gasteiger partial charge >= 0.3 is 0 Å². The molecule has 4 nitrogen and oxygen atoms in total. The number of rotatable bonds is 5. The van der Waals surface area contributed by atoms with Crippen molar-refractivity contribution in [2.45, 2.75) is 39.4 Å². The van der Waals surface area contributed by atoms with Crippen molar-refractivity contribution in [3.63, 3.8) is 0 Å². The van der Waals surface area contributed by atoms with E-state index in [2.05, 4.69) is 68.3 Å². The van der Waals surface area contributed by atoms with Crippen LogP contribution in [0.4, 0.5) is 5.82 Å². The zero-order valence-corrected chi connectivity index (χ0v) is 15.3. The van der Waals surface area contributed by atoms with Gasteiger partial charge in [-0.05, 0) is 53.7 Å². The molecule has 1 N–H and O–H groups in total. The summed E-state index contributed by atoms with van der Waals surface area (Å²) in [7, 11) is 2.04. The molecule has 0 amide bonds. The quantitative estimate of drug-likeness (QED) is 0.870. The van der Waals surface area contributed by atoms with Crippen LogP contribution in [0.3, 0.4) is 0 Å². The van der Waals surface area contributed by atoms with Crippen LogP contribution in [0.2, 0.25) is 0 Å². The van der Waals surface area contributed by atoms with Crippen molar-refractivity contribution < 1.29 is 0 Å². The highest BCUT2D eigenvalue weighted by Crippen LogP contribution is 2.22. The van der Waals surface area contributed by atoms with E-state index in [0.717, 1.165) is 28.4 Å². The van der Waals surface area contributed by atoms with Gasteiger partial charge in [-0.2, -0.15) is 0 Å². The molecule has 0 aliphatic heterocycles. The lowest BCUT2D eigenvalue weighted by Gasteiger charge is -2.21. The second kappa shape index (κ2) is 6.85. The van der Waals surface area contributed by atoms with Crippen LogP contribution in [0.1, 0.15) is 32.0 Å². The van der Waals surface area contributed by atoms with E-state index in [9.17, 15) is 0 Å². The van der Waals surface area contributed by atoms with E-state index in [1.54, 1.807) is 11.3 Å². The van der Waals surface area contributed by atoms with Gasteiger partial charge in [0.05, 0.1) is 15.7 Å². The van der Waals surface area contributed by atoms with Crippen LogP contribution in [-0.4, -0.2) is 22.6 Å². The average molecular weight is 369 g/mol. The van der Waals surface area contributed by atoms with Gasteiger partial charge in [-0.25, -0.2) is 4.98 Å². The molecule has 21 heavy (non-hydrogen) atoms. The van der Waals surface area contributed by atoms with E-state index in [4.69, 9.17) is 0 Å². The Bertz CT molecular complexity index is 591. The first-order chi connectivity index (χ1) is 9.83. The van der Waals surface area contributed by atoms with Gasteiger partial charge in [-0.3, -0.25) is 4.98 Å². The molecule has 0 radical (unpaired) electrons. The second-order valence-electron chi connectivity index (χ2n) is 6.09. The normalized spacial score (nSPS) is 11.7. The van der Waals surface area contributed by atoms with Crippen molar-refractivity contribution in [3.8, 4) is 0 Å². The van der Waals surface area contributed by atoms with Crippen molar-refractivity contribution in [1.29, 1.82) is 0 Å². The lowest BCUT2D eigenvalue weighted by Crippen LogP contribution is -2.35. The molecule has 2 heterocycles. The molecule has 0 aromatic carbocycles. The lowest BCUT2D eigenvalue weighted by atomic mass is 10.1. The maximum absolute atomic E-state index is 4.67. The van der Waals surface area contributed by atoms with Crippen LogP contribution in [0, 0.1) is 0 Å². The molecule has 0 unspecified atom stereocenters. The summed E-state index contributed by atoms with van der Waals surface area (Å²) in [6.45, 7) is 7.98. The molecular formula is C15H21BrN4S. The summed E-state index contributed by atoms with van der Waals surface area (Å²) in [4.78, 5) is 11.1. The summed E-state index contributed by atoms with van der Waals surface area (Å²) in [5.74, 6) is 0.894. The molecule has 0 bridgehead atoms. The second-order valence-corrected chi connectivity index (χ2v) is 8.38. The highest BCUT2D eigenvalue weighted by atomic mass is 79.9. The van der Waals surface area contributed by atoms with Gasteiger partial charge in [0.1, 0.15) is 5.82 Å². The van der Waals surface area contributed by atoms with Gasteiger partial charge in [0.25, 0.3) is 0 Å². The third-order valence-electron chi connectivity index (χ3n) is 2.90. The molecule has 0 spiro atoms. The number of halogens is 1. The lowest BCUT2D eigenvalue weighted by molar-refractivity contribution is 0.421. The Kier molecular flexibility index (Phi) is 5.35. The minimum atomic E-state index is 0.0759. The van der Waals surface area contributed by atoms with E-state index in [-0.39, 0.29) is 5.54 Å². The largest absolute Gasteiger partial charge is 0.354 e. The molecule has 0 saturated heterocycles. The predicted octanol–water partition coefficient (Wildman–Crippen LogP) is 3.83. The third-order valence-corrected chi connectivity index (χ3v) is 4.46. The number of hydrogen-bond donors (Lipinski definition) is 1. The molecule has 0 aliphatic carbocycles. The van der Waals surface area contributed by atoms with E-state index in [1.807, 2.05) is 19.4 Å². The summed E-state index contributed by atoms with van der Waals surface area (Å²) in [5.41, 5.74) is 2.31. The first-order valence-electron chi connectivity index (χ1n) is 6.83. The Morgan fingerprint density at radius 2 is 2.10 bits per heavy atom. The maximum atomic E-state index is 4.67. The van der Waals surface area contributed by atoms with E-state index >= 15 is 0 Å². The zero-order chi connectivity index (χ0) is 15.5. The first-order valence-corrected chi connectivity index (χ1v) is 8.51. The first kappa shape index (κ1) is 16.4. The fourth-order valence-electron chi connectivity index (χ4n) is 1.80. The maximum Gasteiger partial charge on any atom is 0.147 e. The van der Waals surface area contributed by atoms with Crippen molar-refractivity contribution in [2.75, 3.05) is 11.9 Å². The molecule has 0 saturated carbocycles. The van der Waals surface area contributed by atoms with Gasteiger partial charge in [0.2, 0.25) is 0 Å². The van der Waals surface area contributed by atoms with Crippen LogP contribution >= 0.6 is 27.3 Å². The average Bonchev–Trinajstić information content (AvgIpc) is 2.81. The molecule has 2 aromatic rings. The number of aromatic nitrogens is 2. The fraction of sp³-hybridized carbons (Fsp3) is 0.467. The Labute approximate surface area is 138 Å². The molecular weight excluding hydrogens is 348 g/mol. The van der Waals surface area contributed by atoms with E-state index in [0.29, 0.717) is 0 Å². The van der Waals surface area contributed by atoms with Crippen LogP contribution in [0.25, 0.3) is 0 Å². The topological polar surface area (TPSA) is 41.1 Å². The molecule has 0 atom stereocenters. The number of nitrogens with one attached hydrogen (secondary N) is 1. The van der Waals surface area contributed by atoms with Gasteiger partial charge in [-0.1, -0.05) is 0 Å². The predicted molar refractivity (Wildman–Crippen MR) is 92.8 cm³/mol. The highest BCUT2D eigenvalue weighted by molar-refractivity contribution is 9.11. The third kappa shape index (κ3) is 5.37. The SMILES string of the molecule is CN(Cc1csc(Br)c1)c1cncc(CNC(C)(C)C)n1. The van der Waals surface area contributed by atoms with Crippen LogP contribution < -0.4 is 10.2 Å². The molecule has 0 aliphatic rings. The van der Waals surface area contributed by atoms with Gasteiger partial charge < -0.3 is 10.2 Å². The highest BCUT2D eigenvalue weighted by Gasteiger charge is 2.11. The smallest absolute Gasteiger partial charge is 0.147 e. The molecule has 2 rings (SSSR count). The minimum absolute atomic E-state index is 0.0759. The van der Waals surface area contributed by atoms with Crippen molar-refractivity contribution in [2.24, 2.45) is 0 Å². The number of nitrogens with zero attached hydrogens (tertiary/aromatic N) is 3. The minimum Gasteiger partial charge on any atom is -0.354 e. The number of thiophene rings is 1. The Balaban J connectivity index is 2.02. The summed E-state index contributed by atoms with van der Waals surface area (Å²) >= 11 is 5.19. The zero-order valence-electron chi connectivity index (χ0n) is 12.9. The summed E-state index contributed by atoms with van der Waals surface area (Å²) in [6.07, 6.45) is 3.62. The van der Waals surface area contributed by atoms with Crippen LogP contribution in [0.5, 0.6) is 0 Å². The molecule has 2 aromatic heterocycles. The number of hydrogen-bond acceptors (Lipinski definition) is 5. The van der Waals surface area contributed by atoms with Gasteiger partial charge in [-0.15, -0.1) is 11.3 Å². The summed E-state index contributed by atoms with van der Waals surface area (Å²) in [6, 6.07) is 2.14. The number of anilines is 1. The van der Waals surface area contributed by atoms with E-state index in [1.165, 1.54) is 5.56 Å². The summed E-state index contributed by atoms with van der Waals surface area (Å²) < 4.78 is 1.15. The van der Waals surface area contributed by atoms with E-state index < -0.39 is 0 Å². The van der Waals surface area contributed by atoms with Crippen molar-refractivity contribution in [1.82, 2.24) is 15.3 Å². The molecule has 6 heteroatoms. The molecule has 114 valence electrons. The monoisotopic (exact) mass is 368 g/mol. The van der Waals surface area contributed by atoms with Crippen LogP contribution in [-0.2, 0) is 13.1 Å². The summed E-state index contributed by atoms with van der Waals surface area (Å²) in [5, 5.41) is 5.58. The van der Waals surface area contributed by atoms with Crippen molar-refractivity contribution >= 4 is 33.1 Å². The van der Waals surface area contributed by atoms with Crippen molar-refractivity contribution in [3.05, 3.63) is 38.9 Å². The Morgan fingerprint density at radius 1 is 1.33 bits per heavy atom. The van der Waals surface area contributed by atoms with Gasteiger partial charge in [0.15, 0.2) is 0 Å². The standard InChI is InChI=1S/C15H21BrN4S/c1-15(2,3)18-7-12-6-17-8-14(19-12)20(4)9-11-5-13(16)21-10-11/h5-6,8,10,18H,7,9H2,1-4H3.